The van der Waals surface area contributed by atoms with E-state index in [0.717, 1.165) is 0 Å². The van der Waals surface area contributed by atoms with Crippen LogP contribution >= 0.6 is 0 Å². The molecule has 0 saturated carbocycles. The number of fused-ring (bicyclic) bond motifs is 11. The van der Waals surface area contributed by atoms with Gasteiger partial charge >= 0.3 is 0 Å². The van der Waals surface area contributed by atoms with E-state index in [1.54, 1.807) is 0 Å². The summed E-state index contributed by atoms with van der Waals surface area (Å²) in [7, 11) is 0. The molecule has 0 bridgehead atoms. The Hall–Kier alpha value is -5.60. The average molecular weight is 575 g/mol. The quantitative estimate of drug-likeness (QED) is 0.194. The van der Waals surface area contributed by atoms with Crippen molar-refractivity contribution >= 4 is 54.4 Å². The molecule has 0 aliphatic heterocycles. The molecule has 1 aliphatic rings. The topological polar surface area (TPSA) is 9.86 Å². The molecule has 9 aromatic rings. The summed E-state index contributed by atoms with van der Waals surface area (Å²) in [6.07, 6.45) is 0. The van der Waals surface area contributed by atoms with Gasteiger partial charge in [-0.2, -0.15) is 0 Å². The summed E-state index contributed by atoms with van der Waals surface area (Å²) in [5, 5.41) is 7.62. The van der Waals surface area contributed by atoms with Crippen molar-refractivity contribution in [1.29, 1.82) is 0 Å². The molecule has 2 heteroatoms. The highest BCUT2D eigenvalue weighted by molar-refractivity contribution is 6.22. The molecule has 2 nitrogen and oxygen atoms in total. The van der Waals surface area contributed by atoms with E-state index in [-0.39, 0.29) is 5.41 Å². The first-order chi connectivity index (χ1) is 22.1. The molecule has 1 aliphatic carbocycles. The van der Waals surface area contributed by atoms with E-state index in [2.05, 4.69) is 169 Å². The Morgan fingerprint density at radius 2 is 1.07 bits per heavy atom. The van der Waals surface area contributed by atoms with Gasteiger partial charge in [-0.1, -0.05) is 111 Å². The van der Waals surface area contributed by atoms with Gasteiger partial charge in [-0.05, 0) is 76.2 Å². The number of rotatable bonds is 2. The first-order valence-corrected chi connectivity index (χ1v) is 15.8. The SMILES string of the molecule is CC1(C)c2ccccc2-c2cc(-n3c4ccccc4c4cc5ccc6c7ccccc7n(-c7ccccc7)c6c5cc43)ccc21. The zero-order chi connectivity index (χ0) is 29.9. The standard InChI is InChI=1S/C43H30N2/c1-43(2)37-17-9-6-14-30(37)35-25-29(21-23-38(35)43)44-39-18-10-8-16-32(39)36-24-27-20-22-33-31-15-7-11-19-40(31)45(28-12-4-3-5-13-28)42(33)34(27)26-41(36)44/h3-26H,1-2H3. The summed E-state index contributed by atoms with van der Waals surface area (Å²) in [4.78, 5) is 0. The lowest BCUT2D eigenvalue weighted by Gasteiger charge is -2.21. The Morgan fingerprint density at radius 1 is 0.400 bits per heavy atom. The van der Waals surface area contributed by atoms with Crippen LogP contribution in [-0.4, -0.2) is 9.13 Å². The fourth-order valence-electron chi connectivity index (χ4n) is 8.22. The molecule has 212 valence electrons. The minimum Gasteiger partial charge on any atom is -0.309 e. The lowest BCUT2D eigenvalue weighted by Crippen LogP contribution is -2.14. The second-order valence-corrected chi connectivity index (χ2v) is 13.0. The largest absolute Gasteiger partial charge is 0.309 e. The number of hydrogen-bond donors (Lipinski definition) is 0. The van der Waals surface area contributed by atoms with E-state index < -0.39 is 0 Å². The smallest absolute Gasteiger partial charge is 0.0620 e. The fourth-order valence-corrected chi connectivity index (χ4v) is 8.22. The van der Waals surface area contributed by atoms with Crippen LogP contribution in [0.1, 0.15) is 25.0 Å². The van der Waals surface area contributed by atoms with Crippen LogP contribution in [0.3, 0.4) is 0 Å². The number of aromatic nitrogens is 2. The normalized spacial score (nSPS) is 13.7. The van der Waals surface area contributed by atoms with Gasteiger partial charge in [-0.25, -0.2) is 0 Å². The maximum Gasteiger partial charge on any atom is 0.0620 e. The van der Waals surface area contributed by atoms with Crippen molar-refractivity contribution in [3.05, 3.63) is 157 Å². The van der Waals surface area contributed by atoms with Gasteiger partial charge in [0.15, 0.2) is 0 Å². The molecule has 0 radical (unpaired) electrons. The first kappa shape index (κ1) is 24.8. The van der Waals surface area contributed by atoms with Gasteiger partial charge < -0.3 is 9.13 Å². The van der Waals surface area contributed by atoms with Crippen LogP contribution in [0, 0.1) is 0 Å². The highest BCUT2D eigenvalue weighted by atomic mass is 15.0. The van der Waals surface area contributed by atoms with Crippen LogP contribution in [0.25, 0.3) is 76.9 Å². The van der Waals surface area contributed by atoms with Crippen LogP contribution in [-0.2, 0) is 5.41 Å². The lowest BCUT2D eigenvalue weighted by molar-refractivity contribution is 0.660. The van der Waals surface area contributed by atoms with Crippen molar-refractivity contribution in [2.45, 2.75) is 19.3 Å². The van der Waals surface area contributed by atoms with Gasteiger partial charge in [0.1, 0.15) is 0 Å². The van der Waals surface area contributed by atoms with Gasteiger partial charge in [0.2, 0.25) is 0 Å². The molecule has 7 aromatic carbocycles. The van der Waals surface area contributed by atoms with Crippen molar-refractivity contribution in [3.8, 4) is 22.5 Å². The average Bonchev–Trinajstić information content (AvgIpc) is 3.67. The minimum absolute atomic E-state index is 0.0159. The number of hydrogen-bond acceptors (Lipinski definition) is 0. The van der Waals surface area contributed by atoms with Gasteiger partial charge in [0, 0.05) is 43.7 Å². The summed E-state index contributed by atoms with van der Waals surface area (Å²) in [5.41, 5.74) is 12.8. The maximum absolute atomic E-state index is 2.48. The molecule has 2 heterocycles. The Morgan fingerprint density at radius 3 is 1.89 bits per heavy atom. The second kappa shape index (κ2) is 8.74. The van der Waals surface area contributed by atoms with Gasteiger partial charge in [-0.15, -0.1) is 0 Å². The molecular weight excluding hydrogens is 544 g/mol. The van der Waals surface area contributed by atoms with Crippen molar-refractivity contribution in [1.82, 2.24) is 9.13 Å². The molecule has 0 fully saturated rings. The summed E-state index contributed by atoms with van der Waals surface area (Å²) in [5.74, 6) is 0. The third-order valence-electron chi connectivity index (χ3n) is 10.3. The molecule has 0 spiro atoms. The molecule has 0 saturated heterocycles. The molecule has 45 heavy (non-hydrogen) atoms. The highest BCUT2D eigenvalue weighted by Gasteiger charge is 2.35. The second-order valence-electron chi connectivity index (χ2n) is 13.0. The molecule has 2 aromatic heterocycles. The monoisotopic (exact) mass is 574 g/mol. The number of nitrogens with zero attached hydrogens (tertiary/aromatic N) is 2. The highest BCUT2D eigenvalue weighted by Crippen LogP contribution is 2.49. The minimum atomic E-state index is -0.0159. The van der Waals surface area contributed by atoms with Crippen molar-refractivity contribution in [2.75, 3.05) is 0 Å². The molecule has 10 rings (SSSR count). The summed E-state index contributed by atoms with van der Waals surface area (Å²) < 4.78 is 4.92. The molecule has 0 amide bonds. The Balaban J connectivity index is 1.34. The van der Waals surface area contributed by atoms with E-state index in [4.69, 9.17) is 0 Å². The Labute approximate surface area is 261 Å². The van der Waals surface area contributed by atoms with Gasteiger partial charge in [0.25, 0.3) is 0 Å². The third-order valence-corrected chi connectivity index (χ3v) is 10.3. The van der Waals surface area contributed by atoms with Crippen LogP contribution in [0.15, 0.2) is 146 Å². The third kappa shape index (κ3) is 3.24. The van der Waals surface area contributed by atoms with Crippen LogP contribution < -0.4 is 0 Å². The predicted octanol–water partition coefficient (Wildman–Crippen LogP) is 11.3. The van der Waals surface area contributed by atoms with E-state index in [9.17, 15) is 0 Å². The van der Waals surface area contributed by atoms with Crippen LogP contribution in [0.5, 0.6) is 0 Å². The lowest BCUT2D eigenvalue weighted by atomic mass is 9.82. The molecular formula is C43H30N2. The van der Waals surface area contributed by atoms with E-state index in [1.807, 2.05) is 0 Å². The van der Waals surface area contributed by atoms with Gasteiger partial charge in [-0.3, -0.25) is 0 Å². The predicted molar refractivity (Wildman–Crippen MR) is 190 cm³/mol. The fraction of sp³-hybridized carbons (Fsp3) is 0.0698. The van der Waals surface area contributed by atoms with Crippen LogP contribution in [0.2, 0.25) is 0 Å². The number of benzene rings is 7. The first-order valence-electron chi connectivity index (χ1n) is 15.8. The summed E-state index contributed by atoms with van der Waals surface area (Å²) in [6, 6.07) is 53.9. The van der Waals surface area contributed by atoms with Crippen LogP contribution in [0.4, 0.5) is 0 Å². The van der Waals surface area contributed by atoms with Crippen molar-refractivity contribution in [3.63, 3.8) is 0 Å². The van der Waals surface area contributed by atoms with E-state index in [0.29, 0.717) is 0 Å². The molecule has 0 atom stereocenters. The van der Waals surface area contributed by atoms with Gasteiger partial charge in [0.05, 0.1) is 22.1 Å². The Kier molecular flexibility index (Phi) is 4.82. The van der Waals surface area contributed by atoms with Crippen molar-refractivity contribution in [2.24, 2.45) is 0 Å². The summed E-state index contributed by atoms with van der Waals surface area (Å²) >= 11 is 0. The zero-order valence-electron chi connectivity index (χ0n) is 25.3. The molecule has 0 N–H and O–H groups in total. The summed E-state index contributed by atoms with van der Waals surface area (Å²) in [6.45, 7) is 4.70. The maximum atomic E-state index is 2.48. The Bertz CT molecular complexity index is 2670. The zero-order valence-corrected chi connectivity index (χ0v) is 25.3. The van der Waals surface area contributed by atoms with E-state index in [1.165, 1.54) is 88.0 Å². The number of para-hydroxylation sites is 3. The van der Waals surface area contributed by atoms with Crippen molar-refractivity contribution < 1.29 is 0 Å². The van der Waals surface area contributed by atoms with E-state index >= 15 is 0 Å². The molecule has 0 unspecified atom stereocenters.